The van der Waals surface area contributed by atoms with Crippen LogP contribution in [-0.2, 0) is 19.6 Å². The van der Waals surface area contributed by atoms with Gasteiger partial charge in [0.15, 0.2) is 6.54 Å². The average molecular weight is 562 g/mol. The minimum Gasteiger partial charge on any atom is -0.466 e. The van der Waals surface area contributed by atoms with Crippen molar-refractivity contribution in [1.82, 2.24) is 19.4 Å². The van der Waals surface area contributed by atoms with Crippen molar-refractivity contribution < 1.29 is 45.1 Å². The van der Waals surface area contributed by atoms with Gasteiger partial charge in [0.05, 0.1) is 34.9 Å². The number of hydrogen-bond acceptors (Lipinski definition) is 9. The van der Waals surface area contributed by atoms with Crippen molar-refractivity contribution in [3.05, 3.63) is 0 Å². The Bertz CT molecular complexity index is 879. The number of ether oxygens (including phenoxy) is 3. The summed E-state index contributed by atoms with van der Waals surface area (Å²) in [6.07, 6.45) is 12.5. The fourth-order valence-corrected chi connectivity index (χ4v) is 3.00. The van der Waals surface area contributed by atoms with Gasteiger partial charge < -0.3 is 14.2 Å². The monoisotopic (exact) mass is 561 g/mol. The van der Waals surface area contributed by atoms with Gasteiger partial charge in [-0.2, -0.15) is 21.6 Å². The highest BCUT2D eigenvalue weighted by atomic mass is 32.2. The third-order valence-electron chi connectivity index (χ3n) is 5.07. The number of methoxy groups -OCH3 is 2. The number of unbranched alkanes of at least 4 members (excludes halogenated alkanes) is 9. The van der Waals surface area contributed by atoms with E-state index in [0.717, 1.165) is 12.8 Å². The van der Waals surface area contributed by atoms with Gasteiger partial charge in [0.2, 0.25) is 0 Å². The van der Waals surface area contributed by atoms with Crippen LogP contribution in [0.25, 0.3) is 0 Å². The van der Waals surface area contributed by atoms with E-state index < -0.39 is 15.6 Å². The Morgan fingerprint density at radius 1 is 0.865 bits per heavy atom. The van der Waals surface area contributed by atoms with Gasteiger partial charge in [0, 0.05) is 0 Å². The van der Waals surface area contributed by atoms with E-state index in [9.17, 15) is 18.0 Å². The van der Waals surface area contributed by atoms with Crippen LogP contribution in [0.3, 0.4) is 0 Å². The molecule has 0 aliphatic heterocycles. The third-order valence-corrected chi connectivity index (χ3v) is 5.65. The predicted molar refractivity (Wildman–Crippen MR) is 132 cm³/mol. The number of likely N-dealkylation sites (N-methyl/N-ethyl adjacent to an activating group) is 1. The second-order valence-corrected chi connectivity index (χ2v) is 10.2. The Balaban J connectivity index is 0.00000139. The second-order valence-electron chi connectivity index (χ2n) is 8.78. The van der Waals surface area contributed by atoms with Gasteiger partial charge in [-0.25, -0.2) is 4.79 Å². The van der Waals surface area contributed by atoms with Crippen LogP contribution < -0.4 is 14.0 Å². The minimum absolute atomic E-state index is 0.117. The first-order valence-electron chi connectivity index (χ1n) is 12.0. The normalized spacial score (nSPS) is 11.9. The molecular formula is C22H40F3N4O7S+. The molecule has 1 rings (SSSR count). The molecule has 1 aromatic rings. The van der Waals surface area contributed by atoms with Crippen LogP contribution in [0.2, 0.25) is 0 Å². The number of aromatic nitrogens is 3. The number of alkyl halides is 3. The Hall–Kier alpha value is -2.26. The molecule has 0 unspecified atom stereocenters. The summed E-state index contributed by atoms with van der Waals surface area (Å²) in [5, 5.41) is 0. The van der Waals surface area contributed by atoms with Gasteiger partial charge >= 0.3 is 39.6 Å². The first-order valence-corrected chi connectivity index (χ1v) is 13.5. The number of nitrogens with zero attached hydrogens (tertiary/aromatic N) is 4. The number of hydrogen-bond donors (Lipinski definition) is 1. The van der Waals surface area contributed by atoms with E-state index in [0.29, 0.717) is 12.6 Å². The average Bonchev–Trinajstić information content (AvgIpc) is 2.81. The lowest BCUT2D eigenvalue weighted by Gasteiger charge is -2.25. The molecule has 0 bridgehead atoms. The quantitative estimate of drug-likeness (QED) is 0.102. The summed E-state index contributed by atoms with van der Waals surface area (Å²) in [5.74, 6) is 0.105. The summed E-state index contributed by atoms with van der Waals surface area (Å²) >= 11 is 0. The van der Waals surface area contributed by atoms with Gasteiger partial charge in [-0.1, -0.05) is 64.7 Å². The summed E-state index contributed by atoms with van der Waals surface area (Å²) in [6, 6.07) is 0.300. The highest BCUT2D eigenvalue weighted by molar-refractivity contribution is 7.86. The van der Waals surface area contributed by atoms with E-state index in [4.69, 9.17) is 27.2 Å². The topological polar surface area (TPSA) is 138 Å². The molecule has 1 aromatic heterocycles. The van der Waals surface area contributed by atoms with E-state index in [1.165, 1.54) is 65.6 Å². The Morgan fingerprint density at radius 2 is 1.27 bits per heavy atom. The molecule has 1 heterocycles. The van der Waals surface area contributed by atoms with Gasteiger partial charge in [0.25, 0.3) is 0 Å². The van der Waals surface area contributed by atoms with Crippen LogP contribution in [0.1, 0.15) is 71.1 Å². The lowest BCUT2D eigenvalue weighted by Crippen LogP contribution is -2.46. The van der Waals surface area contributed by atoms with Gasteiger partial charge in [-0.3, -0.25) is 9.04 Å². The van der Waals surface area contributed by atoms with Crippen molar-refractivity contribution in [3.8, 4) is 12.0 Å². The van der Waals surface area contributed by atoms with Crippen LogP contribution >= 0.6 is 0 Å². The number of rotatable bonds is 16. The van der Waals surface area contributed by atoms with Crippen molar-refractivity contribution in [3.63, 3.8) is 0 Å². The third kappa shape index (κ3) is 15.6. The maximum atomic E-state index is 12.2. The standard InChI is InChI=1S/C21H39N4O4.CHF3O3S/c1-6-7-8-9-10-11-12-13-14-15-16-29-18(26)17-25(2,3)19-22-20(27-4)24-21(23-19)28-5;2-1(3,4)8(5,6)7/h6-17H2,1-5H3;(H,5,6,7)/q+1;. The van der Waals surface area contributed by atoms with Crippen molar-refractivity contribution in [1.29, 1.82) is 0 Å². The Labute approximate surface area is 217 Å². The predicted octanol–water partition coefficient (Wildman–Crippen LogP) is 4.31. The smallest absolute Gasteiger partial charge is 0.466 e. The van der Waals surface area contributed by atoms with Crippen molar-refractivity contribution >= 4 is 22.0 Å². The zero-order chi connectivity index (χ0) is 28.5. The number of quaternary nitrogens is 1. The van der Waals surface area contributed by atoms with E-state index >= 15 is 0 Å². The van der Waals surface area contributed by atoms with E-state index in [1.807, 2.05) is 14.1 Å². The molecule has 37 heavy (non-hydrogen) atoms. The molecule has 1 N–H and O–H groups in total. The number of halogens is 3. The molecule has 11 nitrogen and oxygen atoms in total. The second kappa shape index (κ2) is 17.3. The van der Waals surface area contributed by atoms with Crippen molar-refractivity contribution in [2.45, 2.75) is 76.6 Å². The Morgan fingerprint density at radius 3 is 1.65 bits per heavy atom. The van der Waals surface area contributed by atoms with Gasteiger partial charge in [-0.15, -0.1) is 15.0 Å². The van der Waals surface area contributed by atoms with Crippen molar-refractivity contribution in [2.75, 3.05) is 41.5 Å². The maximum absolute atomic E-state index is 12.2. The molecule has 0 saturated heterocycles. The van der Waals surface area contributed by atoms with Crippen LogP contribution in [0, 0.1) is 0 Å². The number of carbonyl (C=O) groups excluding carboxylic acids is 1. The fraction of sp³-hybridized carbons (Fsp3) is 0.818. The van der Waals surface area contributed by atoms with E-state index in [-0.39, 0.29) is 29.0 Å². The van der Waals surface area contributed by atoms with Crippen LogP contribution in [0.15, 0.2) is 0 Å². The zero-order valence-electron chi connectivity index (χ0n) is 22.2. The molecular weight excluding hydrogens is 521 g/mol. The molecule has 0 atom stereocenters. The lowest BCUT2D eigenvalue weighted by atomic mass is 10.1. The molecule has 0 radical (unpaired) electrons. The molecule has 15 heteroatoms. The van der Waals surface area contributed by atoms with Crippen LogP contribution in [0.4, 0.5) is 19.1 Å². The highest BCUT2D eigenvalue weighted by Gasteiger charge is 2.44. The Kier molecular flexibility index (Phi) is 16.2. The molecule has 0 fully saturated rings. The van der Waals surface area contributed by atoms with Crippen LogP contribution in [0.5, 0.6) is 12.0 Å². The van der Waals surface area contributed by atoms with Crippen molar-refractivity contribution in [2.24, 2.45) is 0 Å². The van der Waals surface area contributed by atoms with Gasteiger partial charge in [-0.05, 0) is 6.42 Å². The molecule has 0 aliphatic rings. The van der Waals surface area contributed by atoms with Crippen LogP contribution in [-0.4, -0.2) is 80.9 Å². The summed E-state index contributed by atoms with van der Waals surface area (Å²) in [5.41, 5.74) is -5.53. The molecule has 216 valence electrons. The number of esters is 1. The number of carbonyl (C=O) groups is 1. The minimum atomic E-state index is -5.84. The fourth-order valence-electron chi connectivity index (χ4n) is 3.00. The maximum Gasteiger partial charge on any atom is 0.522 e. The molecule has 0 saturated carbocycles. The molecule has 0 spiro atoms. The first-order chi connectivity index (χ1) is 17.2. The summed E-state index contributed by atoms with van der Waals surface area (Å²) in [6.45, 7) is 2.82. The molecule has 0 amide bonds. The zero-order valence-corrected chi connectivity index (χ0v) is 23.0. The summed E-state index contributed by atoms with van der Waals surface area (Å²) in [4.78, 5) is 24.7. The highest BCUT2D eigenvalue weighted by Crippen LogP contribution is 2.21. The largest absolute Gasteiger partial charge is 0.522 e. The lowest BCUT2D eigenvalue weighted by molar-refractivity contribution is -0.144. The summed E-state index contributed by atoms with van der Waals surface area (Å²) in [7, 11) is 0.761. The first kappa shape index (κ1) is 34.7. The van der Waals surface area contributed by atoms with E-state index in [2.05, 4.69) is 21.9 Å². The van der Waals surface area contributed by atoms with Gasteiger partial charge in [0.1, 0.15) is 0 Å². The molecule has 0 aromatic carbocycles. The SMILES string of the molecule is CCCCCCCCCCCCOC(=O)C[N+](C)(C)c1nc(OC)nc(OC)n1.O=S(=O)(O)C(F)(F)F. The summed E-state index contributed by atoms with van der Waals surface area (Å²) < 4.78 is 73.2. The van der Waals surface area contributed by atoms with E-state index in [1.54, 1.807) is 0 Å². The molecule has 0 aliphatic carbocycles.